The number of ether oxygens (including phenoxy) is 1. The highest BCUT2D eigenvalue weighted by Crippen LogP contribution is 2.28. The van der Waals surface area contributed by atoms with Gasteiger partial charge in [-0.2, -0.15) is 13.2 Å². The molecule has 0 spiro atoms. The maximum atomic E-state index is 12.6. The van der Waals surface area contributed by atoms with E-state index in [2.05, 4.69) is 15.3 Å². The van der Waals surface area contributed by atoms with Crippen molar-refractivity contribution in [1.82, 2.24) is 9.97 Å². The predicted octanol–water partition coefficient (Wildman–Crippen LogP) is 0.980. The molecule has 0 fully saturated rings. The van der Waals surface area contributed by atoms with Gasteiger partial charge in [0.1, 0.15) is 11.6 Å². The van der Waals surface area contributed by atoms with E-state index in [9.17, 15) is 18.3 Å². The van der Waals surface area contributed by atoms with Crippen molar-refractivity contribution >= 4 is 11.6 Å². The number of hydrogen-bond acceptors (Lipinski definition) is 7. The molecular formula is C11H18F3N5O2. The number of hydrazine groups is 1. The Bertz CT molecular complexity index is 468. The van der Waals surface area contributed by atoms with Crippen LogP contribution in [0.5, 0.6) is 0 Å². The molecule has 0 saturated carbocycles. The fraction of sp³-hybridized carbons (Fsp3) is 0.636. The molecule has 0 aliphatic heterocycles. The number of nitrogens with zero attached hydrogens (tertiary/aromatic N) is 2. The molecule has 0 aliphatic carbocycles. The number of nitrogens with two attached hydrogens (primary N) is 1. The summed E-state index contributed by atoms with van der Waals surface area (Å²) in [5.41, 5.74) is 0.881. The fourth-order valence-electron chi connectivity index (χ4n) is 1.43. The van der Waals surface area contributed by atoms with Crippen LogP contribution in [0.4, 0.5) is 24.8 Å². The summed E-state index contributed by atoms with van der Waals surface area (Å²) in [6, 6.07) is 1.21. The van der Waals surface area contributed by atoms with Crippen molar-refractivity contribution in [3.8, 4) is 0 Å². The van der Waals surface area contributed by atoms with Gasteiger partial charge in [-0.1, -0.05) is 0 Å². The zero-order valence-electron chi connectivity index (χ0n) is 11.7. The molecule has 0 saturated heterocycles. The number of aliphatic hydroxyl groups is 1. The van der Waals surface area contributed by atoms with E-state index in [1.165, 1.54) is 20.1 Å². The third kappa shape index (κ3) is 5.69. The van der Waals surface area contributed by atoms with Crippen LogP contribution in [0.2, 0.25) is 0 Å². The van der Waals surface area contributed by atoms with E-state index < -0.39 is 17.6 Å². The molecule has 21 heavy (non-hydrogen) atoms. The van der Waals surface area contributed by atoms with Gasteiger partial charge in [0, 0.05) is 32.7 Å². The first kappa shape index (κ1) is 17.4. The molecule has 0 aromatic carbocycles. The second-order valence-electron chi connectivity index (χ2n) is 4.70. The molecule has 0 radical (unpaired) electrons. The molecule has 1 aromatic rings. The Kier molecular flexibility index (Phi) is 5.70. The van der Waals surface area contributed by atoms with Crippen molar-refractivity contribution < 1.29 is 23.0 Å². The van der Waals surface area contributed by atoms with Crippen LogP contribution < -0.4 is 16.6 Å². The number of alkyl halides is 3. The van der Waals surface area contributed by atoms with E-state index in [-0.39, 0.29) is 18.2 Å². The second-order valence-corrected chi connectivity index (χ2v) is 4.70. The van der Waals surface area contributed by atoms with Crippen LogP contribution in [-0.4, -0.2) is 40.9 Å². The van der Waals surface area contributed by atoms with Gasteiger partial charge >= 0.3 is 6.18 Å². The highest BCUT2D eigenvalue weighted by Gasteiger charge is 2.35. The van der Waals surface area contributed by atoms with Crippen molar-refractivity contribution in [2.45, 2.75) is 25.1 Å². The molecular weight excluding hydrogens is 291 g/mol. The average molecular weight is 309 g/mol. The number of rotatable bonds is 7. The quantitative estimate of drug-likeness (QED) is 0.439. The lowest BCUT2D eigenvalue weighted by Gasteiger charge is -2.23. The summed E-state index contributed by atoms with van der Waals surface area (Å²) in [5.74, 6) is 3.48. The normalized spacial score (nSPS) is 14.6. The maximum absolute atomic E-state index is 12.6. The summed E-state index contributed by atoms with van der Waals surface area (Å²) in [5, 5.41) is 12.6. The Morgan fingerprint density at radius 2 is 1.95 bits per heavy atom. The molecule has 120 valence electrons. The van der Waals surface area contributed by atoms with Crippen LogP contribution in [0.25, 0.3) is 0 Å². The summed E-state index contributed by atoms with van der Waals surface area (Å²) in [4.78, 5) is 6.57. The molecule has 7 nitrogen and oxygen atoms in total. The first-order valence-electron chi connectivity index (χ1n) is 6.06. The van der Waals surface area contributed by atoms with E-state index in [4.69, 9.17) is 10.6 Å². The van der Waals surface area contributed by atoms with Gasteiger partial charge in [-0.25, -0.2) is 15.8 Å². The van der Waals surface area contributed by atoms with Crippen LogP contribution in [0.3, 0.4) is 0 Å². The van der Waals surface area contributed by atoms with Gasteiger partial charge < -0.3 is 20.6 Å². The number of hydrogen-bond donors (Lipinski definition) is 4. The lowest BCUT2D eigenvalue weighted by atomic mass is 10.0. The van der Waals surface area contributed by atoms with Crippen molar-refractivity contribution in [2.75, 3.05) is 31.0 Å². The molecule has 1 heterocycles. The minimum Gasteiger partial charge on any atom is -0.388 e. The zero-order chi connectivity index (χ0) is 16.1. The van der Waals surface area contributed by atoms with Gasteiger partial charge in [-0.05, 0) is 6.92 Å². The molecule has 10 heteroatoms. The number of halogens is 3. The summed E-state index contributed by atoms with van der Waals surface area (Å²) in [6.07, 6.45) is -4.38. The second kappa shape index (κ2) is 6.87. The van der Waals surface area contributed by atoms with Crippen LogP contribution >= 0.6 is 0 Å². The monoisotopic (exact) mass is 309 g/mol. The number of aromatic nitrogens is 2. The molecule has 1 unspecified atom stereocenters. The third-order valence-electron chi connectivity index (χ3n) is 2.62. The minimum atomic E-state index is -4.69. The van der Waals surface area contributed by atoms with Gasteiger partial charge in [0.15, 0.2) is 0 Å². The highest BCUT2D eigenvalue weighted by atomic mass is 19.4. The van der Waals surface area contributed by atoms with Crippen molar-refractivity contribution in [3.05, 3.63) is 11.9 Å². The van der Waals surface area contributed by atoms with E-state index >= 15 is 0 Å². The Morgan fingerprint density at radius 3 is 2.48 bits per heavy atom. The van der Waals surface area contributed by atoms with Gasteiger partial charge in [-0.15, -0.1) is 0 Å². The molecule has 5 N–H and O–H groups in total. The first-order chi connectivity index (χ1) is 9.68. The van der Waals surface area contributed by atoms with E-state index in [1.807, 2.05) is 5.43 Å². The van der Waals surface area contributed by atoms with Gasteiger partial charge in [-0.3, -0.25) is 0 Å². The largest absolute Gasteiger partial charge is 0.451 e. The smallest absolute Gasteiger partial charge is 0.388 e. The summed E-state index contributed by atoms with van der Waals surface area (Å²) < 4.78 is 42.8. The molecule has 0 aliphatic rings. The number of methoxy groups -OCH3 is 1. The Labute approximate surface area is 119 Å². The Morgan fingerprint density at radius 1 is 1.33 bits per heavy atom. The van der Waals surface area contributed by atoms with Crippen molar-refractivity contribution in [3.63, 3.8) is 0 Å². The minimum absolute atomic E-state index is 0.00528. The SMILES string of the molecule is COCCC(C)(O)CNc1cc(NN)nc(C(F)(F)F)n1. The number of anilines is 2. The van der Waals surface area contributed by atoms with Crippen LogP contribution in [0.1, 0.15) is 19.2 Å². The van der Waals surface area contributed by atoms with Gasteiger partial charge in [0.05, 0.1) is 5.60 Å². The summed E-state index contributed by atoms with van der Waals surface area (Å²) in [7, 11) is 1.49. The average Bonchev–Trinajstić information content (AvgIpc) is 2.42. The van der Waals surface area contributed by atoms with Crippen molar-refractivity contribution in [1.29, 1.82) is 0 Å². The Hall–Kier alpha value is -1.65. The topological polar surface area (TPSA) is 105 Å². The summed E-state index contributed by atoms with van der Waals surface area (Å²) >= 11 is 0. The van der Waals surface area contributed by atoms with Crippen LogP contribution in [-0.2, 0) is 10.9 Å². The summed E-state index contributed by atoms with van der Waals surface area (Å²) in [6.45, 7) is 1.85. The van der Waals surface area contributed by atoms with E-state index in [1.54, 1.807) is 0 Å². The standard InChI is InChI=1S/C11H18F3N5O2/c1-10(20,3-4-21-2)6-16-7-5-8(19-15)18-9(17-7)11(12,13)14/h5,20H,3-4,6,15H2,1-2H3,(H2,16,17,18,19). The first-order valence-corrected chi connectivity index (χ1v) is 6.06. The molecule has 1 atom stereocenters. The van der Waals surface area contributed by atoms with E-state index in [0.717, 1.165) is 0 Å². The molecule has 1 aromatic heterocycles. The Balaban J connectivity index is 2.83. The van der Waals surface area contributed by atoms with Gasteiger partial charge in [0.25, 0.3) is 0 Å². The number of nitrogens with one attached hydrogen (secondary N) is 2. The van der Waals surface area contributed by atoms with Gasteiger partial charge in [0.2, 0.25) is 5.82 Å². The zero-order valence-corrected chi connectivity index (χ0v) is 11.7. The van der Waals surface area contributed by atoms with Crippen LogP contribution in [0, 0.1) is 0 Å². The van der Waals surface area contributed by atoms with Crippen LogP contribution in [0.15, 0.2) is 6.07 Å². The highest BCUT2D eigenvalue weighted by molar-refractivity contribution is 5.47. The predicted molar refractivity (Wildman–Crippen MR) is 70.5 cm³/mol. The molecule has 0 bridgehead atoms. The number of nitrogen functional groups attached to an aromatic ring is 1. The van der Waals surface area contributed by atoms with E-state index in [0.29, 0.717) is 13.0 Å². The van der Waals surface area contributed by atoms with Crippen molar-refractivity contribution in [2.24, 2.45) is 5.84 Å². The lowest BCUT2D eigenvalue weighted by molar-refractivity contribution is -0.144. The third-order valence-corrected chi connectivity index (χ3v) is 2.62. The molecule has 0 amide bonds. The lowest BCUT2D eigenvalue weighted by Crippen LogP contribution is -2.35. The molecule has 1 rings (SSSR count). The fourth-order valence-corrected chi connectivity index (χ4v) is 1.43. The maximum Gasteiger partial charge on any atom is 0.451 e.